The third-order valence-electron chi connectivity index (χ3n) is 4.37. The summed E-state index contributed by atoms with van der Waals surface area (Å²) >= 11 is 0. The van der Waals surface area contributed by atoms with Gasteiger partial charge in [-0.2, -0.15) is 0 Å². The number of sulfone groups is 1. The molecular formula is C19H34IN3O4S. The Morgan fingerprint density at radius 1 is 1.21 bits per heavy atom. The number of nitrogens with zero attached hydrogens (tertiary/aromatic N) is 1. The molecule has 0 heterocycles. The molecule has 0 aliphatic carbocycles. The van der Waals surface area contributed by atoms with E-state index in [9.17, 15) is 8.42 Å². The van der Waals surface area contributed by atoms with E-state index in [0.717, 1.165) is 30.9 Å². The van der Waals surface area contributed by atoms with E-state index in [4.69, 9.17) is 9.47 Å². The van der Waals surface area contributed by atoms with Crippen LogP contribution in [-0.2, 0) is 16.3 Å². The lowest BCUT2D eigenvalue weighted by Gasteiger charge is -2.24. The summed E-state index contributed by atoms with van der Waals surface area (Å²) in [7, 11) is 0.148. The van der Waals surface area contributed by atoms with Crippen molar-refractivity contribution >= 4 is 39.8 Å². The number of ether oxygens (including phenoxy) is 2. The number of hydrogen-bond donors (Lipinski definition) is 2. The molecule has 0 saturated heterocycles. The second-order valence-corrected chi connectivity index (χ2v) is 9.56. The first-order valence-corrected chi connectivity index (χ1v) is 11.0. The van der Waals surface area contributed by atoms with Crippen molar-refractivity contribution in [2.75, 3.05) is 40.1 Å². The summed E-state index contributed by atoms with van der Waals surface area (Å²) < 4.78 is 33.6. The summed E-state index contributed by atoms with van der Waals surface area (Å²) in [6.45, 7) is 6.94. The van der Waals surface area contributed by atoms with E-state index in [2.05, 4.69) is 15.6 Å². The van der Waals surface area contributed by atoms with Gasteiger partial charge in [0, 0.05) is 26.4 Å². The third kappa shape index (κ3) is 8.42. The lowest BCUT2D eigenvalue weighted by molar-refractivity contribution is 0.310. The molecule has 0 spiro atoms. The van der Waals surface area contributed by atoms with Gasteiger partial charge in [-0.25, -0.2) is 8.42 Å². The molecule has 0 aromatic heterocycles. The normalized spacial score (nSPS) is 12.1. The quantitative estimate of drug-likeness (QED) is 0.211. The summed E-state index contributed by atoms with van der Waals surface area (Å²) in [6, 6.07) is 5.95. The number of aryl methyl sites for hydroxylation is 1. The first kappa shape index (κ1) is 26.8. The summed E-state index contributed by atoms with van der Waals surface area (Å²) in [6.07, 6.45) is 3.02. The topological polar surface area (TPSA) is 89.0 Å². The molecule has 0 aliphatic rings. The fourth-order valence-electron chi connectivity index (χ4n) is 2.29. The lowest BCUT2D eigenvalue weighted by Crippen LogP contribution is -2.47. The van der Waals surface area contributed by atoms with Crippen molar-refractivity contribution in [1.29, 1.82) is 0 Å². The van der Waals surface area contributed by atoms with Gasteiger partial charge in [-0.3, -0.25) is 4.99 Å². The highest BCUT2D eigenvalue weighted by atomic mass is 127. The minimum Gasteiger partial charge on any atom is -0.493 e. The number of methoxy groups -OCH3 is 1. The van der Waals surface area contributed by atoms with Crippen LogP contribution in [0.2, 0.25) is 0 Å². The van der Waals surface area contributed by atoms with Crippen LogP contribution in [0.1, 0.15) is 32.8 Å². The zero-order valence-corrected chi connectivity index (χ0v) is 20.8. The molecule has 0 fully saturated rings. The summed E-state index contributed by atoms with van der Waals surface area (Å²) in [5.41, 5.74) is 1.17. The first-order chi connectivity index (χ1) is 12.6. The van der Waals surface area contributed by atoms with Crippen molar-refractivity contribution in [3.63, 3.8) is 0 Å². The highest BCUT2D eigenvalue weighted by Crippen LogP contribution is 2.28. The van der Waals surface area contributed by atoms with Crippen molar-refractivity contribution in [1.82, 2.24) is 10.6 Å². The van der Waals surface area contributed by atoms with E-state index < -0.39 is 14.6 Å². The number of aliphatic imine (C=N–C) groups is 1. The summed E-state index contributed by atoms with van der Waals surface area (Å²) in [5, 5.41) is 6.29. The van der Waals surface area contributed by atoms with Gasteiger partial charge >= 0.3 is 0 Å². The molecule has 1 aromatic rings. The lowest BCUT2D eigenvalue weighted by atomic mass is 10.1. The van der Waals surface area contributed by atoms with Crippen LogP contribution in [0.4, 0.5) is 0 Å². The monoisotopic (exact) mass is 527 g/mol. The Kier molecular flexibility index (Phi) is 11.8. The summed E-state index contributed by atoms with van der Waals surface area (Å²) in [5.74, 6) is 2.08. The maximum Gasteiger partial charge on any atom is 0.191 e. The van der Waals surface area contributed by atoms with E-state index in [1.165, 1.54) is 11.8 Å². The zero-order valence-electron chi connectivity index (χ0n) is 17.7. The van der Waals surface area contributed by atoms with Crippen molar-refractivity contribution < 1.29 is 17.9 Å². The maximum atomic E-state index is 11.8. The van der Waals surface area contributed by atoms with E-state index in [1.807, 2.05) is 25.1 Å². The zero-order chi connectivity index (χ0) is 20.5. The van der Waals surface area contributed by atoms with Gasteiger partial charge in [0.25, 0.3) is 0 Å². The predicted molar refractivity (Wildman–Crippen MR) is 126 cm³/mol. The van der Waals surface area contributed by atoms with Crippen LogP contribution in [0, 0.1) is 0 Å². The fraction of sp³-hybridized carbons (Fsp3) is 0.632. The molecule has 28 heavy (non-hydrogen) atoms. The third-order valence-corrected chi connectivity index (χ3v) is 6.52. The fourth-order valence-corrected chi connectivity index (χ4v) is 2.63. The van der Waals surface area contributed by atoms with E-state index >= 15 is 0 Å². The van der Waals surface area contributed by atoms with Crippen LogP contribution in [0.3, 0.4) is 0 Å². The second kappa shape index (κ2) is 12.4. The van der Waals surface area contributed by atoms with Crippen LogP contribution in [0.15, 0.2) is 23.2 Å². The molecule has 0 radical (unpaired) electrons. The van der Waals surface area contributed by atoms with Crippen LogP contribution in [0.5, 0.6) is 11.5 Å². The van der Waals surface area contributed by atoms with E-state index in [-0.39, 0.29) is 24.0 Å². The van der Waals surface area contributed by atoms with Crippen LogP contribution in [-0.4, -0.2) is 59.2 Å². The molecule has 2 N–H and O–H groups in total. The molecule has 162 valence electrons. The number of halogens is 1. The number of rotatable bonds is 10. The molecule has 0 atom stereocenters. The predicted octanol–water partition coefficient (Wildman–Crippen LogP) is 2.63. The SMILES string of the molecule is CCOc1cc(CCCNC(=NC)NCC(C)(C)S(C)(=O)=O)ccc1OC.I. The van der Waals surface area contributed by atoms with Crippen molar-refractivity contribution in [2.24, 2.45) is 4.99 Å². The molecule has 1 rings (SSSR count). The van der Waals surface area contributed by atoms with Gasteiger partial charge in [-0.05, 0) is 51.3 Å². The van der Waals surface area contributed by atoms with Crippen LogP contribution < -0.4 is 20.1 Å². The number of hydrogen-bond acceptors (Lipinski definition) is 5. The number of guanidine groups is 1. The van der Waals surface area contributed by atoms with E-state index in [0.29, 0.717) is 19.1 Å². The molecule has 7 nitrogen and oxygen atoms in total. The smallest absolute Gasteiger partial charge is 0.191 e. The standard InChI is InChI=1S/C19H33N3O4S.HI/c1-7-26-17-13-15(10-11-16(17)25-5)9-8-12-21-18(20-4)22-14-19(2,3)27(6,23)24;/h10-11,13H,7-9,12,14H2,1-6H3,(H2,20,21,22);1H. The minimum atomic E-state index is -3.15. The van der Waals surface area contributed by atoms with Gasteiger partial charge in [0.05, 0.1) is 18.5 Å². The summed E-state index contributed by atoms with van der Waals surface area (Å²) in [4.78, 5) is 4.14. The first-order valence-electron chi connectivity index (χ1n) is 9.08. The Morgan fingerprint density at radius 2 is 1.89 bits per heavy atom. The van der Waals surface area contributed by atoms with Crippen LogP contribution >= 0.6 is 24.0 Å². The second-order valence-electron chi connectivity index (χ2n) is 6.91. The average molecular weight is 527 g/mol. The molecule has 0 amide bonds. The Labute approximate surface area is 186 Å². The molecule has 0 unspecified atom stereocenters. The minimum absolute atomic E-state index is 0. The Bertz CT molecular complexity index is 737. The van der Waals surface area contributed by atoms with Crippen molar-refractivity contribution in [2.45, 2.75) is 38.4 Å². The van der Waals surface area contributed by atoms with Gasteiger partial charge in [0.15, 0.2) is 27.3 Å². The van der Waals surface area contributed by atoms with Gasteiger partial charge in [0.2, 0.25) is 0 Å². The van der Waals surface area contributed by atoms with Crippen molar-refractivity contribution in [3.8, 4) is 11.5 Å². The van der Waals surface area contributed by atoms with Gasteiger partial charge in [-0.15, -0.1) is 24.0 Å². The average Bonchev–Trinajstić information content (AvgIpc) is 2.60. The van der Waals surface area contributed by atoms with E-state index in [1.54, 1.807) is 28.0 Å². The highest BCUT2D eigenvalue weighted by molar-refractivity contribution is 14.0. The molecule has 0 bridgehead atoms. The number of benzene rings is 1. The number of nitrogens with one attached hydrogen (secondary N) is 2. The largest absolute Gasteiger partial charge is 0.493 e. The van der Waals surface area contributed by atoms with Gasteiger partial charge < -0.3 is 20.1 Å². The van der Waals surface area contributed by atoms with Gasteiger partial charge in [-0.1, -0.05) is 6.07 Å². The Balaban J connectivity index is 0.00000729. The maximum absolute atomic E-state index is 11.8. The molecule has 9 heteroatoms. The molecule has 0 aliphatic heterocycles. The van der Waals surface area contributed by atoms with Crippen molar-refractivity contribution in [3.05, 3.63) is 23.8 Å². The Hall–Kier alpha value is -1.23. The highest BCUT2D eigenvalue weighted by Gasteiger charge is 2.30. The molecule has 1 aromatic carbocycles. The van der Waals surface area contributed by atoms with Gasteiger partial charge in [0.1, 0.15) is 0 Å². The Morgan fingerprint density at radius 3 is 2.43 bits per heavy atom. The molecular weight excluding hydrogens is 493 g/mol. The molecule has 0 saturated carbocycles. The van der Waals surface area contributed by atoms with Crippen LogP contribution in [0.25, 0.3) is 0 Å².